The molecule has 1 saturated heterocycles. The van der Waals surface area contributed by atoms with Gasteiger partial charge in [-0.15, -0.1) is 0 Å². The predicted octanol–water partition coefficient (Wildman–Crippen LogP) is 0.317. The van der Waals surface area contributed by atoms with E-state index < -0.39 is 10.0 Å². The molecule has 2 aliphatic heterocycles. The maximum atomic E-state index is 12.6. The molecule has 6 nitrogen and oxygen atoms in total. The lowest BCUT2D eigenvalue weighted by atomic mass is 10.2. The second-order valence-electron chi connectivity index (χ2n) is 5.62. The summed E-state index contributed by atoms with van der Waals surface area (Å²) in [6.45, 7) is 2.98. The van der Waals surface area contributed by atoms with Gasteiger partial charge < -0.3 is 10.6 Å². The molecular formula is C14H19N3O3S. The normalized spacial score (nSPS) is 22.6. The van der Waals surface area contributed by atoms with E-state index in [9.17, 15) is 13.2 Å². The Kier molecular flexibility index (Phi) is 3.51. The Hall–Kier alpha value is -1.44. The highest BCUT2D eigenvalue weighted by Gasteiger charge is 2.32. The summed E-state index contributed by atoms with van der Waals surface area (Å²) < 4.78 is 26.6. The van der Waals surface area contributed by atoms with Crippen LogP contribution in [-0.2, 0) is 21.2 Å². The van der Waals surface area contributed by atoms with Crippen molar-refractivity contribution in [1.29, 1.82) is 0 Å². The van der Waals surface area contributed by atoms with E-state index in [-0.39, 0.29) is 11.9 Å². The highest BCUT2D eigenvalue weighted by atomic mass is 32.2. The number of sulfonamides is 1. The fourth-order valence-electron chi connectivity index (χ4n) is 2.99. The molecule has 2 heterocycles. The highest BCUT2D eigenvalue weighted by Crippen LogP contribution is 2.31. The first-order valence-corrected chi connectivity index (χ1v) is 8.50. The van der Waals surface area contributed by atoms with Crippen LogP contribution in [0.15, 0.2) is 23.1 Å². The van der Waals surface area contributed by atoms with E-state index in [1.54, 1.807) is 23.1 Å². The van der Waals surface area contributed by atoms with E-state index in [1.807, 2.05) is 0 Å². The third-order valence-corrected chi connectivity index (χ3v) is 6.01. The van der Waals surface area contributed by atoms with Crippen molar-refractivity contribution in [3.8, 4) is 0 Å². The molecule has 3 rings (SSSR count). The summed E-state index contributed by atoms with van der Waals surface area (Å²) in [4.78, 5) is 13.5. The largest absolute Gasteiger partial charge is 0.326 e. The van der Waals surface area contributed by atoms with Crippen LogP contribution in [0, 0.1) is 0 Å². The molecule has 7 heteroatoms. The number of carbonyl (C=O) groups excluding carboxylic acids is 1. The molecule has 114 valence electrons. The second-order valence-corrected chi connectivity index (χ2v) is 7.56. The Balaban J connectivity index is 1.93. The van der Waals surface area contributed by atoms with Gasteiger partial charge in [0.25, 0.3) is 0 Å². The third kappa shape index (κ3) is 2.45. The maximum absolute atomic E-state index is 12.6. The minimum atomic E-state index is -3.48. The zero-order valence-corrected chi connectivity index (χ0v) is 12.8. The minimum absolute atomic E-state index is 0.0186. The standard InChI is InChI=1S/C14H19N3O3S/c1-10(18)17-7-4-11-8-13(2-3-14(11)17)21(19,20)16-6-5-12(15)9-16/h2-3,8,12H,4-7,9,15H2,1H3/t12-/m0/s1. The molecular weight excluding hydrogens is 290 g/mol. The summed E-state index contributed by atoms with van der Waals surface area (Å²) in [5.74, 6) is -0.0186. The molecule has 0 saturated carbocycles. The van der Waals surface area contributed by atoms with Crippen LogP contribution in [0.5, 0.6) is 0 Å². The lowest BCUT2D eigenvalue weighted by Crippen LogP contribution is -2.32. The molecule has 1 atom stereocenters. The molecule has 2 aliphatic rings. The zero-order chi connectivity index (χ0) is 15.2. The van der Waals surface area contributed by atoms with Crippen molar-refractivity contribution in [2.75, 3.05) is 24.5 Å². The summed E-state index contributed by atoms with van der Waals surface area (Å²) >= 11 is 0. The fourth-order valence-corrected chi connectivity index (χ4v) is 4.55. The summed E-state index contributed by atoms with van der Waals surface area (Å²) in [6, 6.07) is 4.92. The van der Waals surface area contributed by atoms with Gasteiger partial charge in [0.05, 0.1) is 4.90 Å². The van der Waals surface area contributed by atoms with Crippen LogP contribution in [0.4, 0.5) is 5.69 Å². The number of anilines is 1. The van der Waals surface area contributed by atoms with Gasteiger partial charge in [-0.3, -0.25) is 4.79 Å². The third-order valence-electron chi connectivity index (χ3n) is 4.15. The number of nitrogens with two attached hydrogens (primary N) is 1. The van der Waals surface area contributed by atoms with Crippen LogP contribution in [0.1, 0.15) is 18.9 Å². The number of carbonyl (C=O) groups is 1. The Morgan fingerprint density at radius 1 is 1.33 bits per heavy atom. The summed E-state index contributed by atoms with van der Waals surface area (Å²) in [7, 11) is -3.48. The van der Waals surface area contributed by atoms with Gasteiger partial charge in [0.1, 0.15) is 0 Å². The van der Waals surface area contributed by atoms with E-state index in [0.29, 0.717) is 37.4 Å². The predicted molar refractivity (Wildman–Crippen MR) is 79.5 cm³/mol. The van der Waals surface area contributed by atoms with E-state index in [4.69, 9.17) is 5.73 Å². The lowest BCUT2D eigenvalue weighted by molar-refractivity contribution is -0.116. The van der Waals surface area contributed by atoms with Gasteiger partial charge in [-0.05, 0) is 36.6 Å². The van der Waals surface area contributed by atoms with Crippen LogP contribution in [-0.4, -0.2) is 44.3 Å². The average Bonchev–Trinajstić information content (AvgIpc) is 3.03. The number of nitrogens with zero attached hydrogens (tertiary/aromatic N) is 2. The van der Waals surface area contributed by atoms with Crippen molar-refractivity contribution in [2.24, 2.45) is 5.73 Å². The molecule has 1 aromatic carbocycles. The molecule has 0 aliphatic carbocycles. The van der Waals surface area contributed by atoms with Gasteiger partial charge in [-0.2, -0.15) is 4.31 Å². The molecule has 0 unspecified atom stereocenters. The van der Waals surface area contributed by atoms with E-state index >= 15 is 0 Å². The molecule has 1 aromatic rings. The Labute approximate surface area is 124 Å². The quantitative estimate of drug-likeness (QED) is 0.852. The van der Waals surface area contributed by atoms with Crippen LogP contribution in [0.25, 0.3) is 0 Å². The molecule has 1 fully saturated rings. The van der Waals surface area contributed by atoms with Gasteiger partial charge in [0.15, 0.2) is 0 Å². The van der Waals surface area contributed by atoms with Crippen molar-refractivity contribution in [3.63, 3.8) is 0 Å². The van der Waals surface area contributed by atoms with Crippen molar-refractivity contribution in [2.45, 2.75) is 30.7 Å². The van der Waals surface area contributed by atoms with Gasteiger partial charge in [-0.25, -0.2) is 8.42 Å². The van der Waals surface area contributed by atoms with Crippen molar-refractivity contribution < 1.29 is 13.2 Å². The molecule has 2 N–H and O–H groups in total. The van der Waals surface area contributed by atoms with Crippen LogP contribution in [0.2, 0.25) is 0 Å². The average molecular weight is 309 g/mol. The van der Waals surface area contributed by atoms with E-state index in [1.165, 1.54) is 11.2 Å². The highest BCUT2D eigenvalue weighted by molar-refractivity contribution is 7.89. The van der Waals surface area contributed by atoms with Crippen molar-refractivity contribution in [1.82, 2.24) is 4.31 Å². The molecule has 0 spiro atoms. The Morgan fingerprint density at radius 3 is 2.71 bits per heavy atom. The van der Waals surface area contributed by atoms with Gasteiger partial charge >= 0.3 is 0 Å². The first kappa shape index (κ1) is 14.5. The number of amides is 1. The van der Waals surface area contributed by atoms with Crippen LogP contribution in [0.3, 0.4) is 0 Å². The smallest absolute Gasteiger partial charge is 0.243 e. The van der Waals surface area contributed by atoms with Crippen LogP contribution >= 0.6 is 0 Å². The zero-order valence-electron chi connectivity index (χ0n) is 11.9. The molecule has 21 heavy (non-hydrogen) atoms. The van der Waals surface area contributed by atoms with E-state index in [2.05, 4.69) is 0 Å². The summed E-state index contributed by atoms with van der Waals surface area (Å²) in [5.41, 5.74) is 7.52. The Bertz CT molecular complexity index is 687. The SMILES string of the molecule is CC(=O)N1CCc2cc(S(=O)(=O)N3CC[C@H](N)C3)ccc21. The number of benzene rings is 1. The van der Waals surface area contributed by atoms with Crippen LogP contribution < -0.4 is 10.6 Å². The number of fused-ring (bicyclic) bond motifs is 1. The van der Waals surface area contributed by atoms with E-state index in [0.717, 1.165) is 11.3 Å². The number of hydrogen-bond acceptors (Lipinski definition) is 4. The fraction of sp³-hybridized carbons (Fsp3) is 0.500. The first-order valence-electron chi connectivity index (χ1n) is 7.06. The van der Waals surface area contributed by atoms with Gasteiger partial charge in [0.2, 0.25) is 15.9 Å². The first-order chi connectivity index (χ1) is 9.89. The Morgan fingerprint density at radius 2 is 2.10 bits per heavy atom. The molecule has 0 aromatic heterocycles. The van der Waals surface area contributed by atoms with Gasteiger partial charge in [0, 0.05) is 38.3 Å². The topological polar surface area (TPSA) is 83.7 Å². The maximum Gasteiger partial charge on any atom is 0.243 e. The molecule has 0 radical (unpaired) electrons. The second kappa shape index (κ2) is 5.08. The van der Waals surface area contributed by atoms with Gasteiger partial charge in [-0.1, -0.05) is 0 Å². The number of hydrogen-bond donors (Lipinski definition) is 1. The lowest BCUT2D eigenvalue weighted by Gasteiger charge is -2.18. The molecule has 1 amide bonds. The minimum Gasteiger partial charge on any atom is -0.326 e. The van der Waals surface area contributed by atoms with Crippen molar-refractivity contribution >= 4 is 21.6 Å². The summed E-state index contributed by atoms with van der Waals surface area (Å²) in [6.07, 6.45) is 1.39. The van der Waals surface area contributed by atoms with Crippen molar-refractivity contribution in [3.05, 3.63) is 23.8 Å². The monoisotopic (exact) mass is 309 g/mol. The summed E-state index contributed by atoms with van der Waals surface area (Å²) in [5, 5.41) is 0. The molecule has 0 bridgehead atoms. The number of rotatable bonds is 2.